The number of amides is 1. The van der Waals surface area contributed by atoms with Gasteiger partial charge in [0.15, 0.2) is 11.5 Å². The Balaban J connectivity index is 1.08. The van der Waals surface area contributed by atoms with Crippen LogP contribution in [-0.4, -0.2) is 60.1 Å². The molecule has 1 aromatic heterocycles. The van der Waals surface area contributed by atoms with Gasteiger partial charge in [-0.2, -0.15) is 0 Å². The topological polar surface area (TPSA) is 54.9 Å². The molecule has 6 nitrogen and oxygen atoms in total. The van der Waals surface area contributed by atoms with Crippen molar-refractivity contribution in [2.45, 2.75) is 37.6 Å². The first-order valence-corrected chi connectivity index (χ1v) is 12.8. The van der Waals surface area contributed by atoms with Crippen LogP contribution in [-0.2, 0) is 4.79 Å². The maximum atomic E-state index is 13.3. The Morgan fingerprint density at radius 1 is 1.00 bits per heavy atom. The largest absolute Gasteiger partial charge is 0.486 e. The third-order valence-electron chi connectivity index (χ3n) is 7.13. The molecule has 4 heterocycles. The average Bonchev–Trinajstić information content (AvgIpc) is 3.52. The van der Waals surface area contributed by atoms with Gasteiger partial charge < -0.3 is 14.4 Å². The highest BCUT2D eigenvalue weighted by molar-refractivity contribution is 7.18. The first-order chi connectivity index (χ1) is 16.2. The smallest absolute Gasteiger partial charge is 0.237 e. The molecule has 1 amide bonds. The number of likely N-dealkylation sites (tertiary alicyclic amines) is 2. The van der Waals surface area contributed by atoms with Gasteiger partial charge in [0.25, 0.3) is 0 Å². The molecule has 0 spiro atoms. The molecule has 1 atom stereocenters. The molecule has 2 fully saturated rings. The van der Waals surface area contributed by atoms with E-state index in [1.165, 1.54) is 9.71 Å². The number of hydrogen-bond donors (Lipinski definition) is 0. The van der Waals surface area contributed by atoms with Gasteiger partial charge in [-0.15, -0.1) is 11.3 Å². The monoisotopic (exact) mass is 463 g/mol. The minimum atomic E-state index is 0.133. The summed E-state index contributed by atoms with van der Waals surface area (Å²) in [6, 6.07) is 14.6. The van der Waals surface area contributed by atoms with Gasteiger partial charge in [0.05, 0.1) is 27.8 Å². The molecule has 0 saturated carbocycles. The molecule has 0 radical (unpaired) electrons. The standard InChI is InChI=1S/C26H29N3O3S/c30-25(29-11-3-5-21(29)19-7-8-22-23(16-19)32-15-14-31-22)17-28-12-9-18(10-13-28)26-27-20-4-1-2-6-24(20)33-26/h1-2,4,6-8,16,18,21H,3,5,9-15,17H2. The second-order valence-corrected chi connectivity index (χ2v) is 10.3. The summed E-state index contributed by atoms with van der Waals surface area (Å²) in [4.78, 5) is 22.5. The van der Waals surface area contributed by atoms with E-state index in [2.05, 4.69) is 46.2 Å². The first-order valence-electron chi connectivity index (χ1n) is 12.0. The SMILES string of the molecule is O=C(CN1CCC(c2nc3ccccc3s2)CC1)N1CCCC1c1ccc2c(c1)OCCO2. The molecular formula is C26H29N3O3S. The fourth-order valence-corrected chi connectivity index (χ4v) is 6.50. The Labute approximate surface area is 198 Å². The van der Waals surface area contributed by atoms with Gasteiger partial charge in [-0.1, -0.05) is 18.2 Å². The van der Waals surface area contributed by atoms with Crippen LogP contribution in [0, 0.1) is 0 Å². The number of nitrogens with zero attached hydrogens (tertiary/aromatic N) is 3. The highest BCUT2D eigenvalue weighted by Crippen LogP contribution is 2.38. The molecule has 6 rings (SSSR count). The number of thiazole rings is 1. The quantitative estimate of drug-likeness (QED) is 0.566. The van der Waals surface area contributed by atoms with Gasteiger partial charge in [-0.25, -0.2) is 4.98 Å². The fourth-order valence-electron chi connectivity index (χ4n) is 5.36. The lowest BCUT2D eigenvalue weighted by molar-refractivity contribution is -0.133. The number of hydrogen-bond acceptors (Lipinski definition) is 6. The number of piperidine rings is 1. The molecule has 3 aliphatic heterocycles. The number of carbonyl (C=O) groups excluding carboxylic acids is 1. The number of fused-ring (bicyclic) bond motifs is 2. The summed E-state index contributed by atoms with van der Waals surface area (Å²) < 4.78 is 12.7. The van der Waals surface area contributed by atoms with Crippen molar-refractivity contribution in [3.63, 3.8) is 0 Å². The van der Waals surface area contributed by atoms with E-state index < -0.39 is 0 Å². The predicted octanol–water partition coefficient (Wildman–Crippen LogP) is 4.61. The van der Waals surface area contributed by atoms with E-state index in [0.717, 1.165) is 67.9 Å². The molecule has 0 aliphatic carbocycles. The first kappa shape index (κ1) is 20.9. The van der Waals surface area contributed by atoms with Crippen LogP contribution in [0.2, 0.25) is 0 Å². The molecule has 0 bridgehead atoms. The Morgan fingerprint density at radius 3 is 2.67 bits per heavy atom. The molecule has 33 heavy (non-hydrogen) atoms. The van der Waals surface area contributed by atoms with Crippen molar-refractivity contribution in [1.82, 2.24) is 14.8 Å². The van der Waals surface area contributed by atoms with Crippen LogP contribution in [0.15, 0.2) is 42.5 Å². The predicted molar refractivity (Wildman–Crippen MR) is 129 cm³/mol. The van der Waals surface area contributed by atoms with Gasteiger partial charge in [0.1, 0.15) is 13.2 Å². The third-order valence-corrected chi connectivity index (χ3v) is 8.33. The summed E-state index contributed by atoms with van der Waals surface area (Å²) in [5, 5.41) is 1.25. The number of carbonyl (C=O) groups is 1. The fraction of sp³-hybridized carbons (Fsp3) is 0.462. The van der Waals surface area contributed by atoms with Gasteiger partial charge in [0, 0.05) is 12.5 Å². The van der Waals surface area contributed by atoms with Crippen molar-refractivity contribution in [3.05, 3.63) is 53.0 Å². The summed E-state index contributed by atoms with van der Waals surface area (Å²) in [7, 11) is 0. The number of rotatable bonds is 4. The van der Waals surface area contributed by atoms with E-state index in [1.807, 2.05) is 17.4 Å². The Kier molecular flexibility index (Phi) is 5.68. The summed E-state index contributed by atoms with van der Waals surface area (Å²) >= 11 is 1.82. The molecule has 1 unspecified atom stereocenters. The third kappa shape index (κ3) is 4.20. The zero-order valence-electron chi connectivity index (χ0n) is 18.7. The number of benzene rings is 2. The lowest BCUT2D eigenvalue weighted by Crippen LogP contribution is -2.43. The summed E-state index contributed by atoms with van der Waals surface area (Å²) in [5.74, 6) is 2.35. The van der Waals surface area contributed by atoms with E-state index in [9.17, 15) is 4.79 Å². The van der Waals surface area contributed by atoms with Crippen LogP contribution in [0.3, 0.4) is 0 Å². The molecule has 2 aromatic carbocycles. The number of para-hydroxylation sites is 1. The Hall–Kier alpha value is -2.64. The number of aromatic nitrogens is 1. The van der Waals surface area contributed by atoms with Crippen molar-refractivity contribution in [3.8, 4) is 11.5 Å². The van der Waals surface area contributed by atoms with Crippen LogP contribution in [0.25, 0.3) is 10.2 Å². The lowest BCUT2D eigenvalue weighted by atomic mass is 9.97. The van der Waals surface area contributed by atoms with Gasteiger partial charge in [0.2, 0.25) is 5.91 Å². The van der Waals surface area contributed by atoms with E-state index in [-0.39, 0.29) is 11.9 Å². The molecule has 2 saturated heterocycles. The minimum Gasteiger partial charge on any atom is -0.486 e. The summed E-state index contributed by atoms with van der Waals surface area (Å²) in [6.45, 7) is 4.42. The van der Waals surface area contributed by atoms with E-state index >= 15 is 0 Å². The number of ether oxygens (including phenoxy) is 2. The van der Waals surface area contributed by atoms with Crippen LogP contribution >= 0.6 is 11.3 Å². The highest BCUT2D eigenvalue weighted by Gasteiger charge is 2.32. The van der Waals surface area contributed by atoms with Crippen LogP contribution in [0.5, 0.6) is 11.5 Å². The average molecular weight is 464 g/mol. The van der Waals surface area contributed by atoms with Crippen molar-refractivity contribution in [1.29, 1.82) is 0 Å². The second-order valence-electron chi connectivity index (χ2n) is 9.22. The molecular weight excluding hydrogens is 434 g/mol. The van der Waals surface area contributed by atoms with Crippen molar-refractivity contribution in [2.75, 3.05) is 39.4 Å². The van der Waals surface area contributed by atoms with E-state index in [4.69, 9.17) is 14.5 Å². The molecule has 172 valence electrons. The zero-order valence-corrected chi connectivity index (χ0v) is 19.6. The molecule has 3 aromatic rings. The lowest BCUT2D eigenvalue weighted by Gasteiger charge is -2.33. The van der Waals surface area contributed by atoms with Gasteiger partial charge in [-0.05, 0) is 68.6 Å². The van der Waals surface area contributed by atoms with Crippen LogP contribution in [0.4, 0.5) is 0 Å². The molecule has 3 aliphatic rings. The minimum absolute atomic E-state index is 0.133. The highest BCUT2D eigenvalue weighted by atomic mass is 32.1. The van der Waals surface area contributed by atoms with Crippen molar-refractivity contribution in [2.24, 2.45) is 0 Å². The normalized spacial score (nSPS) is 21.6. The zero-order chi connectivity index (χ0) is 22.2. The Morgan fingerprint density at radius 2 is 1.82 bits per heavy atom. The second kappa shape index (κ2) is 8.95. The van der Waals surface area contributed by atoms with E-state index in [1.54, 1.807) is 0 Å². The van der Waals surface area contributed by atoms with Gasteiger partial charge >= 0.3 is 0 Å². The van der Waals surface area contributed by atoms with Crippen LogP contribution in [0.1, 0.15) is 48.2 Å². The molecule has 0 N–H and O–H groups in total. The van der Waals surface area contributed by atoms with Gasteiger partial charge in [-0.3, -0.25) is 9.69 Å². The summed E-state index contributed by atoms with van der Waals surface area (Å²) in [6.07, 6.45) is 4.19. The summed E-state index contributed by atoms with van der Waals surface area (Å²) in [5.41, 5.74) is 2.26. The van der Waals surface area contributed by atoms with Crippen molar-refractivity contribution < 1.29 is 14.3 Å². The van der Waals surface area contributed by atoms with Crippen molar-refractivity contribution >= 4 is 27.5 Å². The van der Waals surface area contributed by atoms with E-state index in [0.29, 0.717) is 25.7 Å². The molecule has 7 heteroatoms. The maximum Gasteiger partial charge on any atom is 0.237 e. The van der Waals surface area contributed by atoms with Crippen LogP contribution < -0.4 is 9.47 Å². The Bertz CT molecular complexity index is 1120. The maximum absolute atomic E-state index is 13.3.